The summed E-state index contributed by atoms with van der Waals surface area (Å²) in [6.07, 6.45) is 10.1. The Morgan fingerprint density at radius 3 is 1.83 bits per heavy atom. The number of unbranched alkanes of at least 4 members (excludes halogenated alkanes) is 5. The quantitative estimate of drug-likeness (QED) is 0.340. The molecule has 0 aliphatic rings. The van der Waals surface area contributed by atoms with E-state index in [1.165, 1.54) is 49.4 Å². The highest BCUT2D eigenvalue weighted by Gasteiger charge is 1.94. The first-order valence-corrected chi connectivity index (χ1v) is 6.86. The Bertz CT molecular complexity index is 79.1. The second-order valence-electron chi connectivity index (χ2n) is 3.99. The minimum atomic E-state index is 0.902. The Labute approximate surface area is 91.7 Å². The molecule has 0 amide bonds. The number of halogens is 1. The summed E-state index contributed by atoms with van der Waals surface area (Å²) in [6, 6.07) is 0. The molecule has 0 heterocycles. The first-order valence-electron chi connectivity index (χ1n) is 5.33. The van der Waals surface area contributed by atoms with Crippen LogP contribution in [0.25, 0.3) is 0 Å². The Morgan fingerprint density at radius 2 is 1.33 bits per heavy atom. The van der Waals surface area contributed by atoms with Crippen LogP contribution < -0.4 is 0 Å². The molecule has 0 fully saturated rings. The summed E-state index contributed by atoms with van der Waals surface area (Å²) in [4.78, 5) is 0. The fraction of sp³-hybridized carbons (Fsp3) is 1.00. The Kier molecular flexibility index (Phi) is 10.4. The first kappa shape index (κ1) is 12.7. The average molecular weight is 282 g/mol. The van der Waals surface area contributed by atoms with Crippen molar-refractivity contribution >= 4 is 22.6 Å². The topological polar surface area (TPSA) is 0 Å². The van der Waals surface area contributed by atoms with Gasteiger partial charge in [-0.05, 0) is 16.8 Å². The third-order valence-corrected chi connectivity index (χ3v) is 2.93. The van der Waals surface area contributed by atoms with Crippen molar-refractivity contribution in [1.29, 1.82) is 0 Å². The third-order valence-electron chi connectivity index (χ3n) is 2.17. The van der Waals surface area contributed by atoms with Gasteiger partial charge in [0.1, 0.15) is 0 Å². The second-order valence-corrected chi connectivity index (χ2v) is 5.07. The Balaban J connectivity index is 2.82. The van der Waals surface area contributed by atoms with Crippen LogP contribution in [0.5, 0.6) is 0 Å². The summed E-state index contributed by atoms with van der Waals surface area (Å²) in [5.41, 5.74) is 0. The zero-order valence-corrected chi connectivity index (χ0v) is 10.8. The molecule has 0 bridgehead atoms. The third kappa shape index (κ3) is 10.7. The van der Waals surface area contributed by atoms with Gasteiger partial charge in [-0.3, -0.25) is 0 Å². The van der Waals surface area contributed by atoms with Gasteiger partial charge in [0.05, 0.1) is 0 Å². The van der Waals surface area contributed by atoms with Gasteiger partial charge in [-0.15, -0.1) is 0 Å². The summed E-state index contributed by atoms with van der Waals surface area (Å²) in [5, 5.41) is 0. The molecule has 1 heteroatoms. The molecule has 0 N–H and O–H groups in total. The van der Waals surface area contributed by atoms with E-state index in [2.05, 4.69) is 36.4 Å². The lowest BCUT2D eigenvalue weighted by atomic mass is 10.0. The molecule has 0 aliphatic heterocycles. The van der Waals surface area contributed by atoms with E-state index in [9.17, 15) is 0 Å². The number of hydrogen-bond donors (Lipinski definition) is 0. The van der Waals surface area contributed by atoms with Crippen LogP contribution in [0.15, 0.2) is 0 Å². The molecular weight excluding hydrogens is 259 g/mol. The maximum absolute atomic E-state index is 2.46. The van der Waals surface area contributed by atoms with Crippen LogP contribution in [0.2, 0.25) is 0 Å². The van der Waals surface area contributed by atoms with Gasteiger partial charge >= 0.3 is 0 Å². The first-order chi connectivity index (χ1) is 5.77. The molecule has 0 rings (SSSR count). The molecule has 0 saturated heterocycles. The monoisotopic (exact) mass is 282 g/mol. The van der Waals surface area contributed by atoms with Crippen LogP contribution in [0.1, 0.15) is 58.8 Å². The highest BCUT2D eigenvalue weighted by atomic mass is 127. The van der Waals surface area contributed by atoms with Crippen molar-refractivity contribution in [3.8, 4) is 0 Å². The van der Waals surface area contributed by atoms with Crippen LogP contribution in [-0.2, 0) is 0 Å². The highest BCUT2D eigenvalue weighted by Crippen LogP contribution is 2.11. The van der Waals surface area contributed by atoms with Gasteiger partial charge in [-0.2, -0.15) is 0 Å². The molecule has 0 aromatic rings. The lowest BCUT2D eigenvalue weighted by Crippen LogP contribution is -1.87. The summed E-state index contributed by atoms with van der Waals surface area (Å²) in [7, 11) is 0. The fourth-order valence-electron chi connectivity index (χ4n) is 1.35. The molecular formula is C11H23I. The van der Waals surface area contributed by atoms with Crippen molar-refractivity contribution in [2.45, 2.75) is 58.8 Å². The standard InChI is InChI=1S/C11H23I/c1-11(2)9-7-5-3-4-6-8-10-12/h11H,3-10H2,1-2H3. The zero-order chi connectivity index (χ0) is 9.23. The van der Waals surface area contributed by atoms with Gasteiger partial charge in [-0.1, -0.05) is 75.0 Å². The van der Waals surface area contributed by atoms with Crippen molar-refractivity contribution < 1.29 is 0 Å². The van der Waals surface area contributed by atoms with Crippen LogP contribution in [0.4, 0.5) is 0 Å². The molecule has 0 nitrogen and oxygen atoms in total. The van der Waals surface area contributed by atoms with E-state index >= 15 is 0 Å². The zero-order valence-electron chi connectivity index (χ0n) is 8.61. The number of alkyl halides is 1. The van der Waals surface area contributed by atoms with Crippen LogP contribution in [0, 0.1) is 5.92 Å². The van der Waals surface area contributed by atoms with Gasteiger partial charge in [0.2, 0.25) is 0 Å². The smallest absolute Gasteiger partial charge is 0.000473 e. The predicted octanol–water partition coefficient (Wildman–Crippen LogP) is 4.81. The SMILES string of the molecule is CC(C)CCCCCCCCI. The predicted molar refractivity (Wildman–Crippen MR) is 66.0 cm³/mol. The fourth-order valence-corrected chi connectivity index (χ4v) is 1.89. The van der Waals surface area contributed by atoms with Gasteiger partial charge in [0.15, 0.2) is 0 Å². The molecule has 12 heavy (non-hydrogen) atoms. The van der Waals surface area contributed by atoms with Crippen LogP contribution >= 0.6 is 22.6 Å². The van der Waals surface area contributed by atoms with E-state index in [0.717, 1.165) is 5.92 Å². The second kappa shape index (κ2) is 9.82. The van der Waals surface area contributed by atoms with Gasteiger partial charge < -0.3 is 0 Å². The van der Waals surface area contributed by atoms with E-state index in [1.807, 2.05) is 0 Å². The maximum atomic E-state index is 2.46. The molecule has 0 spiro atoms. The van der Waals surface area contributed by atoms with E-state index in [0.29, 0.717) is 0 Å². The largest absolute Gasteiger partial charge is 0.0864 e. The average Bonchev–Trinajstić information content (AvgIpc) is 2.02. The summed E-state index contributed by atoms with van der Waals surface area (Å²) in [6.45, 7) is 4.63. The van der Waals surface area contributed by atoms with Gasteiger partial charge in [-0.25, -0.2) is 0 Å². The summed E-state index contributed by atoms with van der Waals surface area (Å²) >= 11 is 2.46. The molecule has 0 aliphatic carbocycles. The molecule has 0 radical (unpaired) electrons. The van der Waals surface area contributed by atoms with E-state index in [4.69, 9.17) is 0 Å². The van der Waals surface area contributed by atoms with Crippen LogP contribution in [-0.4, -0.2) is 4.43 Å². The van der Waals surface area contributed by atoms with Crippen molar-refractivity contribution in [2.75, 3.05) is 4.43 Å². The number of hydrogen-bond acceptors (Lipinski definition) is 0. The minimum Gasteiger partial charge on any atom is -0.0864 e. The Hall–Kier alpha value is 0.730. The minimum absolute atomic E-state index is 0.902. The highest BCUT2D eigenvalue weighted by molar-refractivity contribution is 14.1. The van der Waals surface area contributed by atoms with Crippen molar-refractivity contribution in [3.63, 3.8) is 0 Å². The molecule has 0 unspecified atom stereocenters. The summed E-state index contributed by atoms with van der Waals surface area (Å²) in [5.74, 6) is 0.902. The maximum Gasteiger partial charge on any atom is -0.000473 e. The van der Waals surface area contributed by atoms with Gasteiger partial charge in [0.25, 0.3) is 0 Å². The molecule has 0 aromatic heterocycles. The molecule has 0 atom stereocenters. The molecule has 74 valence electrons. The van der Waals surface area contributed by atoms with E-state index in [1.54, 1.807) is 0 Å². The van der Waals surface area contributed by atoms with Crippen molar-refractivity contribution in [2.24, 2.45) is 5.92 Å². The lowest BCUT2D eigenvalue weighted by Gasteiger charge is -2.03. The lowest BCUT2D eigenvalue weighted by molar-refractivity contribution is 0.514. The Morgan fingerprint density at radius 1 is 0.833 bits per heavy atom. The van der Waals surface area contributed by atoms with E-state index in [-0.39, 0.29) is 0 Å². The molecule has 0 saturated carbocycles. The summed E-state index contributed by atoms with van der Waals surface area (Å²) < 4.78 is 1.34. The van der Waals surface area contributed by atoms with Gasteiger partial charge in [0, 0.05) is 0 Å². The number of rotatable bonds is 8. The van der Waals surface area contributed by atoms with Crippen LogP contribution in [0.3, 0.4) is 0 Å². The van der Waals surface area contributed by atoms with E-state index < -0.39 is 0 Å². The van der Waals surface area contributed by atoms with Crippen molar-refractivity contribution in [3.05, 3.63) is 0 Å². The van der Waals surface area contributed by atoms with Crippen molar-refractivity contribution in [1.82, 2.24) is 0 Å². The molecule has 0 aromatic carbocycles. The normalized spacial score (nSPS) is 11.0.